The fourth-order valence-corrected chi connectivity index (χ4v) is 5.04. The van der Waals surface area contributed by atoms with E-state index in [-0.39, 0.29) is 0 Å². The molecule has 6 rings (SSSR count). The molecule has 0 saturated carbocycles. The summed E-state index contributed by atoms with van der Waals surface area (Å²) in [6.07, 6.45) is 3.54. The maximum atomic E-state index is 6.27. The number of pyridine rings is 2. The van der Waals surface area contributed by atoms with Gasteiger partial charge in [-0.3, -0.25) is 4.98 Å². The van der Waals surface area contributed by atoms with Crippen LogP contribution in [-0.2, 0) is 0 Å². The quantitative estimate of drug-likeness (QED) is 0.284. The lowest BCUT2D eigenvalue weighted by Crippen LogP contribution is -1.92. The van der Waals surface area contributed by atoms with E-state index >= 15 is 0 Å². The second-order valence-corrected chi connectivity index (χ2v) is 8.59. The number of hydrogen-bond donors (Lipinski definition) is 0. The number of fused-ring (bicyclic) bond motifs is 3. The Labute approximate surface area is 189 Å². The highest BCUT2D eigenvalue weighted by Crippen LogP contribution is 2.40. The summed E-state index contributed by atoms with van der Waals surface area (Å²) in [5, 5.41) is 2.55. The molecule has 4 heteroatoms. The minimum absolute atomic E-state index is 0.564. The van der Waals surface area contributed by atoms with Gasteiger partial charge in [0, 0.05) is 49.8 Å². The van der Waals surface area contributed by atoms with Crippen LogP contribution >= 0.6 is 11.3 Å². The molecule has 0 aliphatic rings. The van der Waals surface area contributed by atoms with Crippen molar-refractivity contribution in [1.82, 2.24) is 9.97 Å². The number of aromatic nitrogens is 2. The molecule has 0 aliphatic carbocycles. The largest absolute Gasteiger partial charge is 0.438 e. The molecule has 0 bridgehead atoms. The van der Waals surface area contributed by atoms with Crippen LogP contribution in [0.1, 0.15) is 0 Å². The molecule has 6 aromatic rings. The predicted molar refractivity (Wildman–Crippen MR) is 132 cm³/mol. The van der Waals surface area contributed by atoms with E-state index < -0.39 is 0 Å². The predicted octanol–water partition coefficient (Wildman–Crippen LogP) is 7.97. The van der Waals surface area contributed by atoms with Crippen molar-refractivity contribution in [3.05, 3.63) is 109 Å². The maximum absolute atomic E-state index is 6.27. The third-order valence-electron chi connectivity index (χ3n) is 5.48. The van der Waals surface area contributed by atoms with Gasteiger partial charge in [-0.25, -0.2) is 4.98 Å². The van der Waals surface area contributed by atoms with Crippen LogP contribution in [0.4, 0.5) is 0 Å². The Morgan fingerprint density at radius 1 is 0.594 bits per heavy atom. The van der Waals surface area contributed by atoms with Gasteiger partial charge in [-0.05, 0) is 54.1 Å². The molecule has 3 heterocycles. The molecule has 3 aromatic heterocycles. The van der Waals surface area contributed by atoms with Gasteiger partial charge in [-0.1, -0.05) is 42.5 Å². The van der Waals surface area contributed by atoms with Crippen LogP contribution in [0, 0.1) is 0 Å². The summed E-state index contributed by atoms with van der Waals surface area (Å²) in [5.41, 5.74) is 4.04. The van der Waals surface area contributed by atoms with E-state index in [9.17, 15) is 0 Å². The van der Waals surface area contributed by atoms with Gasteiger partial charge in [0.05, 0.1) is 5.69 Å². The van der Waals surface area contributed by atoms with Crippen LogP contribution in [0.3, 0.4) is 0 Å². The van der Waals surface area contributed by atoms with E-state index in [0.717, 1.165) is 28.1 Å². The third kappa shape index (κ3) is 3.41. The molecule has 0 atom stereocenters. The number of hydrogen-bond acceptors (Lipinski definition) is 4. The highest BCUT2D eigenvalue weighted by Gasteiger charge is 2.13. The zero-order chi connectivity index (χ0) is 21.3. The Kier molecular flexibility index (Phi) is 4.63. The van der Waals surface area contributed by atoms with Crippen LogP contribution in [0.25, 0.3) is 42.6 Å². The Bertz CT molecular complexity index is 1540. The molecule has 0 amide bonds. The molecule has 0 unspecified atom stereocenters. The van der Waals surface area contributed by atoms with E-state index in [1.807, 2.05) is 53.8 Å². The minimum Gasteiger partial charge on any atom is -0.438 e. The number of ether oxygens (including phenoxy) is 1. The summed E-state index contributed by atoms with van der Waals surface area (Å²) in [6, 6.07) is 33.0. The molecule has 3 aromatic carbocycles. The molecule has 0 fully saturated rings. The highest BCUT2D eigenvalue weighted by molar-refractivity contribution is 7.25. The Balaban J connectivity index is 1.52. The topological polar surface area (TPSA) is 35.0 Å². The SMILES string of the molecule is c1ccc(Oc2cc(-c3ccccn3)ccc2-c2ccc3sc4ccccc4c3c2)nc1. The van der Waals surface area contributed by atoms with Crippen molar-refractivity contribution < 1.29 is 4.74 Å². The molecule has 32 heavy (non-hydrogen) atoms. The van der Waals surface area contributed by atoms with Gasteiger partial charge < -0.3 is 4.74 Å². The lowest BCUT2D eigenvalue weighted by Gasteiger charge is -2.13. The van der Waals surface area contributed by atoms with Crippen molar-refractivity contribution >= 4 is 31.5 Å². The van der Waals surface area contributed by atoms with Crippen molar-refractivity contribution in [2.24, 2.45) is 0 Å². The summed E-state index contributed by atoms with van der Waals surface area (Å²) in [5.74, 6) is 1.32. The van der Waals surface area contributed by atoms with Crippen molar-refractivity contribution in [3.8, 4) is 34.0 Å². The lowest BCUT2D eigenvalue weighted by molar-refractivity contribution is 0.465. The van der Waals surface area contributed by atoms with E-state index in [1.54, 1.807) is 12.4 Å². The van der Waals surface area contributed by atoms with E-state index in [4.69, 9.17) is 4.74 Å². The fourth-order valence-electron chi connectivity index (χ4n) is 3.95. The number of benzene rings is 3. The number of rotatable bonds is 4. The second-order valence-electron chi connectivity index (χ2n) is 7.51. The molecule has 0 aliphatic heterocycles. The Morgan fingerprint density at radius 2 is 1.38 bits per heavy atom. The number of nitrogens with zero attached hydrogens (tertiary/aromatic N) is 2. The molecule has 0 saturated heterocycles. The highest BCUT2D eigenvalue weighted by atomic mass is 32.1. The van der Waals surface area contributed by atoms with Crippen molar-refractivity contribution in [1.29, 1.82) is 0 Å². The zero-order valence-electron chi connectivity index (χ0n) is 17.1. The van der Waals surface area contributed by atoms with E-state index in [0.29, 0.717) is 5.88 Å². The summed E-state index contributed by atoms with van der Waals surface area (Å²) >= 11 is 1.82. The Morgan fingerprint density at radius 3 is 2.22 bits per heavy atom. The fraction of sp³-hybridized carbons (Fsp3) is 0. The van der Waals surface area contributed by atoms with Crippen LogP contribution in [0.2, 0.25) is 0 Å². The Hall–Kier alpha value is -4.02. The van der Waals surface area contributed by atoms with Gasteiger partial charge in [0.2, 0.25) is 5.88 Å². The van der Waals surface area contributed by atoms with E-state index in [2.05, 4.69) is 64.6 Å². The number of thiophene rings is 1. The van der Waals surface area contributed by atoms with Crippen LogP contribution in [0.5, 0.6) is 11.6 Å². The molecule has 0 spiro atoms. The standard InChI is InChI=1S/C28H18N2OS/c1-2-9-26-22(7-1)23-17-19(12-14-27(23)32-26)21-13-11-20(24-8-3-5-15-29-24)18-25(21)31-28-10-4-6-16-30-28/h1-18H. The van der Waals surface area contributed by atoms with Crippen molar-refractivity contribution in [3.63, 3.8) is 0 Å². The summed E-state index contributed by atoms with van der Waals surface area (Å²) in [6.45, 7) is 0. The monoisotopic (exact) mass is 430 g/mol. The molecule has 152 valence electrons. The molecule has 0 N–H and O–H groups in total. The average Bonchev–Trinajstić information content (AvgIpc) is 3.23. The van der Waals surface area contributed by atoms with Crippen molar-refractivity contribution in [2.75, 3.05) is 0 Å². The van der Waals surface area contributed by atoms with Crippen LogP contribution < -0.4 is 4.74 Å². The first-order valence-electron chi connectivity index (χ1n) is 10.4. The molecule has 0 radical (unpaired) electrons. The van der Waals surface area contributed by atoms with Crippen molar-refractivity contribution in [2.45, 2.75) is 0 Å². The summed E-state index contributed by atoms with van der Waals surface area (Å²) in [7, 11) is 0. The van der Waals surface area contributed by atoms with Gasteiger partial charge in [0.15, 0.2) is 0 Å². The first-order chi connectivity index (χ1) is 15.8. The average molecular weight is 431 g/mol. The van der Waals surface area contributed by atoms with Crippen LogP contribution in [0.15, 0.2) is 109 Å². The third-order valence-corrected chi connectivity index (χ3v) is 6.63. The smallest absolute Gasteiger partial charge is 0.219 e. The van der Waals surface area contributed by atoms with Gasteiger partial charge in [-0.2, -0.15) is 0 Å². The lowest BCUT2D eigenvalue weighted by atomic mass is 9.99. The maximum Gasteiger partial charge on any atom is 0.219 e. The van der Waals surface area contributed by atoms with Gasteiger partial charge >= 0.3 is 0 Å². The van der Waals surface area contributed by atoms with Gasteiger partial charge in [-0.15, -0.1) is 11.3 Å². The van der Waals surface area contributed by atoms with E-state index in [1.165, 1.54) is 20.2 Å². The zero-order valence-corrected chi connectivity index (χ0v) is 17.9. The molecule has 3 nitrogen and oxygen atoms in total. The van der Waals surface area contributed by atoms with Gasteiger partial charge in [0.25, 0.3) is 0 Å². The first kappa shape index (κ1) is 18.7. The molecular weight excluding hydrogens is 412 g/mol. The summed E-state index contributed by atoms with van der Waals surface area (Å²) in [4.78, 5) is 8.86. The van der Waals surface area contributed by atoms with Crippen LogP contribution in [-0.4, -0.2) is 9.97 Å². The normalized spacial score (nSPS) is 11.1. The summed E-state index contributed by atoms with van der Waals surface area (Å²) < 4.78 is 8.86. The first-order valence-corrected chi connectivity index (χ1v) is 11.2. The second kappa shape index (κ2) is 7.91. The molecular formula is C28H18N2OS. The minimum atomic E-state index is 0.564. The van der Waals surface area contributed by atoms with Gasteiger partial charge in [0.1, 0.15) is 5.75 Å².